The number of hydrogen-bond acceptors (Lipinski definition) is 6. The van der Waals surface area contributed by atoms with Crippen molar-refractivity contribution in [2.24, 2.45) is 0 Å². The number of carbonyl (C=O) groups excluding carboxylic acids is 1. The molecule has 0 aromatic heterocycles. The molecule has 0 radical (unpaired) electrons. The van der Waals surface area contributed by atoms with E-state index < -0.39 is 0 Å². The molecule has 1 saturated heterocycles. The smallest absolute Gasteiger partial charge is 0.227 e. The summed E-state index contributed by atoms with van der Waals surface area (Å²) in [5.74, 6) is 1.69. The van der Waals surface area contributed by atoms with Crippen LogP contribution >= 0.6 is 0 Å². The molecule has 1 fully saturated rings. The maximum Gasteiger partial charge on any atom is 0.227 e. The molecule has 1 heterocycles. The molecule has 37 heavy (non-hydrogen) atoms. The lowest BCUT2D eigenvalue weighted by Crippen LogP contribution is -2.50. The van der Waals surface area contributed by atoms with E-state index in [9.17, 15) is 4.79 Å². The molecule has 4 rings (SSSR count). The summed E-state index contributed by atoms with van der Waals surface area (Å²) in [5.41, 5.74) is 3.65. The summed E-state index contributed by atoms with van der Waals surface area (Å²) in [5, 5.41) is 9.05. The molecular weight excluding hydrogens is 466 g/mol. The van der Waals surface area contributed by atoms with Gasteiger partial charge >= 0.3 is 0 Å². The summed E-state index contributed by atoms with van der Waals surface area (Å²) in [7, 11) is 3.29. The summed E-state index contributed by atoms with van der Waals surface area (Å²) in [4.78, 5) is 17.2. The van der Waals surface area contributed by atoms with Crippen molar-refractivity contribution in [1.82, 2.24) is 9.80 Å². The van der Waals surface area contributed by atoms with E-state index in [1.165, 1.54) is 0 Å². The van der Waals surface area contributed by atoms with Crippen molar-refractivity contribution < 1.29 is 19.0 Å². The third kappa shape index (κ3) is 7.32. The minimum atomic E-state index is -0.162. The molecule has 1 aliphatic heterocycles. The fourth-order valence-corrected chi connectivity index (χ4v) is 4.45. The van der Waals surface area contributed by atoms with E-state index >= 15 is 0 Å². The van der Waals surface area contributed by atoms with Crippen molar-refractivity contribution in [3.05, 3.63) is 95.1 Å². The number of benzene rings is 3. The highest BCUT2D eigenvalue weighted by Crippen LogP contribution is 2.25. The second kappa shape index (κ2) is 12.9. The van der Waals surface area contributed by atoms with Gasteiger partial charge in [0.25, 0.3) is 0 Å². The van der Waals surface area contributed by atoms with Crippen LogP contribution in [-0.4, -0.2) is 62.7 Å². The zero-order valence-corrected chi connectivity index (χ0v) is 21.4. The number of piperazine rings is 1. The highest BCUT2D eigenvalue weighted by Gasteiger charge is 2.24. The van der Waals surface area contributed by atoms with Crippen LogP contribution in [-0.2, 0) is 22.6 Å². The van der Waals surface area contributed by atoms with E-state index in [-0.39, 0.29) is 12.0 Å². The average molecular weight is 500 g/mol. The van der Waals surface area contributed by atoms with Crippen LogP contribution < -0.4 is 9.47 Å². The van der Waals surface area contributed by atoms with Gasteiger partial charge in [-0.3, -0.25) is 9.69 Å². The van der Waals surface area contributed by atoms with Crippen molar-refractivity contribution in [3.63, 3.8) is 0 Å². The fraction of sp³-hybridized carbons (Fsp3) is 0.333. The van der Waals surface area contributed by atoms with Crippen LogP contribution in [0.25, 0.3) is 0 Å². The van der Waals surface area contributed by atoms with E-state index in [1.807, 2.05) is 59.5 Å². The largest absolute Gasteiger partial charge is 0.497 e. The Morgan fingerprint density at radius 2 is 1.57 bits per heavy atom. The molecule has 0 saturated carbocycles. The normalized spacial score (nSPS) is 14.6. The first kappa shape index (κ1) is 26.2. The van der Waals surface area contributed by atoms with Crippen LogP contribution in [0.5, 0.6) is 11.5 Å². The Morgan fingerprint density at radius 3 is 2.24 bits per heavy atom. The van der Waals surface area contributed by atoms with Crippen LogP contribution in [0.4, 0.5) is 0 Å². The van der Waals surface area contributed by atoms with E-state index in [0.717, 1.165) is 41.3 Å². The molecule has 0 bridgehead atoms. The zero-order chi connectivity index (χ0) is 26.0. The van der Waals surface area contributed by atoms with Gasteiger partial charge in [-0.15, -0.1) is 0 Å². The van der Waals surface area contributed by atoms with Gasteiger partial charge < -0.3 is 19.1 Å². The fourth-order valence-electron chi connectivity index (χ4n) is 4.45. The van der Waals surface area contributed by atoms with Gasteiger partial charge in [0, 0.05) is 32.7 Å². The first-order chi connectivity index (χ1) is 18.1. The highest BCUT2D eigenvalue weighted by molar-refractivity contribution is 5.79. The standard InChI is InChI=1S/C30H33N3O4/c1-35-27-7-3-5-25(17-27)18-30(34)33-15-13-32(14-16-33)21-29(26-6-4-8-28(19-26)36-2)37-22-24-11-9-23(20-31)10-12-24/h3-12,17,19,29H,13-16,18,21-22H2,1-2H3/t29-/m1/s1. The van der Waals surface area contributed by atoms with Gasteiger partial charge in [0.1, 0.15) is 11.5 Å². The maximum absolute atomic E-state index is 12.9. The number of amides is 1. The van der Waals surface area contributed by atoms with Crippen molar-refractivity contribution in [2.75, 3.05) is 46.9 Å². The minimum absolute atomic E-state index is 0.134. The number of carbonyl (C=O) groups is 1. The Kier molecular flexibility index (Phi) is 9.14. The topological polar surface area (TPSA) is 75.0 Å². The highest BCUT2D eigenvalue weighted by atomic mass is 16.5. The summed E-state index contributed by atoms with van der Waals surface area (Å²) >= 11 is 0. The van der Waals surface area contributed by atoms with Crippen molar-refractivity contribution in [2.45, 2.75) is 19.1 Å². The Bertz CT molecular complexity index is 1210. The van der Waals surface area contributed by atoms with E-state index in [2.05, 4.69) is 17.0 Å². The molecule has 0 spiro atoms. The van der Waals surface area contributed by atoms with Crippen molar-refractivity contribution in [1.29, 1.82) is 5.26 Å². The third-order valence-electron chi connectivity index (χ3n) is 6.64. The second-order valence-corrected chi connectivity index (χ2v) is 9.09. The molecule has 3 aromatic carbocycles. The Morgan fingerprint density at radius 1 is 0.892 bits per heavy atom. The van der Waals surface area contributed by atoms with Crippen LogP contribution in [0.3, 0.4) is 0 Å². The lowest BCUT2D eigenvalue weighted by atomic mass is 10.1. The molecule has 1 amide bonds. The molecular formula is C30H33N3O4. The summed E-state index contributed by atoms with van der Waals surface area (Å²) in [6.07, 6.45) is 0.210. The summed E-state index contributed by atoms with van der Waals surface area (Å²) in [6.45, 7) is 4.08. The van der Waals surface area contributed by atoms with Crippen LogP contribution in [0.15, 0.2) is 72.8 Å². The summed E-state index contributed by atoms with van der Waals surface area (Å²) in [6, 6.07) is 25.2. The number of nitriles is 1. The Hall–Kier alpha value is -3.86. The number of ether oxygens (including phenoxy) is 3. The van der Waals surface area contributed by atoms with Gasteiger partial charge in [0.05, 0.1) is 45.0 Å². The Balaban J connectivity index is 1.36. The molecule has 0 unspecified atom stereocenters. The third-order valence-corrected chi connectivity index (χ3v) is 6.64. The predicted molar refractivity (Wildman–Crippen MR) is 141 cm³/mol. The SMILES string of the molecule is COc1cccc(CC(=O)N2CCN(C[C@@H](OCc3ccc(C#N)cc3)c3cccc(OC)c3)CC2)c1. The van der Waals surface area contributed by atoms with Crippen LogP contribution in [0.1, 0.15) is 28.4 Å². The molecule has 7 heteroatoms. The van der Waals surface area contributed by atoms with Gasteiger partial charge in [-0.25, -0.2) is 0 Å². The lowest BCUT2D eigenvalue weighted by molar-refractivity contribution is -0.132. The number of nitrogens with zero attached hydrogens (tertiary/aromatic N) is 3. The molecule has 0 aliphatic carbocycles. The van der Waals surface area contributed by atoms with Gasteiger partial charge in [-0.1, -0.05) is 36.4 Å². The molecule has 1 atom stereocenters. The van der Waals surface area contributed by atoms with Crippen LogP contribution in [0.2, 0.25) is 0 Å². The molecule has 7 nitrogen and oxygen atoms in total. The van der Waals surface area contributed by atoms with Gasteiger partial charge in [0.2, 0.25) is 5.91 Å². The first-order valence-electron chi connectivity index (χ1n) is 12.5. The molecule has 0 N–H and O–H groups in total. The minimum Gasteiger partial charge on any atom is -0.497 e. The average Bonchev–Trinajstić information content (AvgIpc) is 2.96. The predicted octanol–water partition coefficient (Wildman–Crippen LogP) is 4.22. The number of hydrogen-bond donors (Lipinski definition) is 0. The van der Waals surface area contributed by atoms with Crippen molar-refractivity contribution in [3.8, 4) is 17.6 Å². The Labute approximate surface area is 218 Å². The molecule has 3 aromatic rings. The van der Waals surface area contributed by atoms with Gasteiger partial charge in [0.15, 0.2) is 0 Å². The quantitative estimate of drug-likeness (QED) is 0.416. The van der Waals surface area contributed by atoms with Gasteiger partial charge in [-0.05, 0) is 53.1 Å². The first-order valence-corrected chi connectivity index (χ1v) is 12.5. The van der Waals surface area contributed by atoms with E-state index in [0.29, 0.717) is 38.2 Å². The van der Waals surface area contributed by atoms with E-state index in [4.69, 9.17) is 19.5 Å². The van der Waals surface area contributed by atoms with Crippen LogP contribution in [0, 0.1) is 11.3 Å². The maximum atomic E-state index is 12.9. The number of rotatable bonds is 10. The molecule has 192 valence electrons. The van der Waals surface area contributed by atoms with Crippen molar-refractivity contribution >= 4 is 5.91 Å². The molecule has 1 aliphatic rings. The van der Waals surface area contributed by atoms with Gasteiger partial charge in [-0.2, -0.15) is 5.26 Å². The number of methoxy groups -OCH3 is 2. The lowest BCUT2D eigenvalue weighted by Gasteiger charge is -2.36. The monoisotopic (exact) mass is 499 g/mol. The second-order valence-electron chi connectivity index (χ2n) is 9.09. The summed E-state index contributed by atoms with van der Waals surface area (Å²) < 4.78 is 17.1. The van der Waals surface area contributed by atoms with E-state index in [1.54, 1.807) is 26.4 Å². The zero-order valence-electron chi connectivity index (χ0n) is 21.4.